The van der Waals surface area contributed by atoms with Crippen LogP contribution in [0, 0.1) is 0 Å². The largest absolute Gasteiger partial charge is 0.342 e. The maximum absolute atomic E-state index is 12.9. The van der Waals surface area contributed by atoms with Gasteiger partial charge in [-0.25, -0.2) is 22.2 Å². The van der Waals surface area contributed by atoms with Crippen LogP contribution in [-0.2, 0) is 10.7 Å². The minimum atomic E-state index is -2.69. The molecule has 15 heavy (non-hydrogen) atoms. The molecule has 0 atom stereocenters. The number of rotatable bonds is 2. The molecule has 1 aromatic rings. The summed E-state index contributed by atoms with van der Waals surface area (Å²) in [5.74, 6) is -2.69. The Labute approximate surface area is 90.5 Å². The van der Waals surface area contributed by atoms with E-state index in [1.54, 1.807) is 0 Å². The van der Waals surface area contributed by atoms with Crippen molar-refractivity contribution >= 4 is 27.2 Å². The Hall–Kier alpha value is -0.760. The molecule has 0 bridgehead atoms. The van der Waals surface area contributed by atoms with Gasteiger partial charge in [-0.2, -0.15) is 0 Å². The Morgan fingerprint density at radius 3 is 2.73 bits per heavy atom. The molecule has 84 valence electrons. The molecule has 4 nitrogen and oxygen atoms in total. The second kappa shape index (κ2) is 3.67. The third-order valence-corrected chi connectivity index (χ3v) is 4.16. The topological polar surface area (TPSA) is 50.3 Å². The van der Waals surface area contributed by atoms with Gasteiger partial charge in [-0.15, -0.1) is 0 Å². The first-order valence-electron chi connectivity index (χ1n) is 4.21. The van der Waals surface area contributed by atoms with E-state index >= 15 is 0 Å². The van der Waals surface area contributed by atoms with Crippen molar-refractivity contribution in [1.82, 2.24) is 4.98 Å². The fourth-order valence-corrected chi connectivity index (χ4v) is 2.76. The van der Waals surface area contributed by atoms with Gasteiger partial charge in [0.15, 0.2) is 15.8 Å². The summed E-state index contributed by atoms with van der Waals surface area (Å²) in [7, 11) is -2.67. The van der Waals surface area contributed by atoms with Gasteiger partial charge in [0.25, 0.3) is 5.92 Å². The van der Waals surface area contributed by atoms with Gasteiger partial charge in [-0.05, 0) is 0 Å². The van der Waals surface area contributed by atoms with E-state index in [0.717, 1.165) is 11.3 Å². The maximum atomic E-state index is 12.9. The molecule has 2 heterocycles. The summed E-state index contributed by atoms with van der Waals surface area (Å²) in [5, 5.41) is 0.348. The molecule has 0 unspecified atom stereocenters. The third kappa shape index (κ3) is 2.25. The lowest BCUT2D eigenvalue weighted by atomic mass is 10.3. The molecule has 1 aliphatic rings. The number of hydrogen-bond acceptors (Lipinski definition) is 5. The summed E-state index contributed by atoms with van der Waals surface area (Å²) in [4.78, 5) is 5.22. The van der Waals surface area contributed by atoms with Crippen LogP contribution in [0.4, 0.5) is 13.9 Å². The van der Waals surface area contributed by atoms with E-state index in [1.165, 1.54) is 11.1 Å². The SMILES string of the molecule is O=[SH](=O)c1cnc(N2CCC(F)(F)C2)s1. The van der Waals surface area contributed by atoms with Crippen molar-refractivity contribution in [1.29, 1.82) is 0 Å². The maximum Gasteiger partial charge on any atom is 0.267 e. The summed E-state index contributed by atoms with van der Waals surface area (Å²) in [5.41, 5.74) is 0. The molecule has 0 radical (unpaired) electrons. The average molecular weight is 254 g/mol. The Balaban J connectivity index is 2.17. The molecule has 0 aromatic carbocycles. The average Bonchev–Trinajstić information content (AvgIpc) is 2.70. The van der Waals surface area contributed by atoms with Gasteiger partial charge in [-0.1, -0.05) is 11.3 Å². The van der Waals surface area contributed by atoms with Crippen LogP contribution in [0.25, 0.3) is 0 Å². The number of anilines is 1. The Morgan fingerprint density at radius 2 is 2.27 bits per heavy atom. The molecule has 0 saturated carbocycles. The molecule has 1 saturated heterocycles. The van der Waals surface area contributed by atoms with E-state index in [2.05, 4.69) is 4.98 Å². The van der Waals surface area contributed by atoms with E-state index < -0.39 is 16.6 Å². The first kappa shape index (κ1) is 10.7. The predicted molar refractivity (Wildman–Crippen MR) is 52.5 cm³/mol. The normalized spacial score (nSPS) is 20.1. The molecule has 1 aromatic heterocycles. The minimum absolute atomic E-state index is 0.107. The molecule has 2 rings (SSSR count). The van der Waals surface area contributed by atoms with Crippen molar-refractivity contribution < 1.29 is 17.2 Å². The van der Waals surface area contributed by atoms with Gasteiger partial charge in [-0.3, -0.25) is 0 Å². The van der Waals surface area contributed by atoms with Gasteiger partial charge in [0.1, 0.15) is 4.21 Å². The minimum Gasteiger partial charge on any atom is -0.342 e. The van der Waals surface area contributed by atoms with Crippen molar-refractivity contribution in [3.8, 4) is 0 Å². The van der Waals surface area contributed by atoms with E-state index in [9.17, 15) is 17.2 Å². The second-order valence-electron chi connectivity index (χ2n) is 3.27. The zero-order valence-electron chi connectivity index (χ0n) is 7.52. The Morgan fingerprint density at radius 1 is 1.53 bits per heavy atom. The van der Waals surface area contributed by atoms with Crippen LogP contribution in [0.1, 0.15) is 6.42 Å². The molecule has 1 fully saturated rings. The fourth-order valence-electron chi connectivity index (χ4n) is 1.39. The van der Waals surface area contributed by atoms with Crippen LogP contribution in [-0.4, -0.2) is 32.4 Å². The third-order valence-electron chi connectivity index (χ3n) is 2.10. The number of thiazole rings is 1. The van der Waals surface area contributed by atoms with Gasteiger partial charge in [0.05, 0.1) is 12.7 Å². The highest BCUT2D eigenvalue weighted by Crippen LogP contribution is 2.33. The Bertz CT molecular complexity index is 436. The number of thiol groups is 1. The summed E-state index contributed by atoms with van der Waals surface area (Å²) in [6.07, 6.45) is 0.994. The monoisotopic (exact) mass is 254 g/mol. The van der Waals surface area contributed by atoms with Crippen molar-refractivity contribution in [2.24, 2.45) is 0 Å². The van der Waals surface area contributed by atoms with Crippen LogP contribution in [0.5, 0.6) is 0 Å². The second-order valence-corrected chi connectivity index (χ2v) is 5.57. The first-order chi connectivity index (χ1) is 6.98. The van der Waals surface area contributed by atoms with E-state index in [4.69, 9.17) is 0 Å². The number of aromatic nitrogens is 1. The highest BCUT2D eigenvalue weighted by molar-refractivity contribution is 7.75. The summed E-state index contributed by atoms with van der Waals surface area (Å²) >= 11 is 0.924. The van der Waals surface area contributed by atoms with Gasteiger partial charge in [0, 0.05) is 13.0 Å². The summed E-state index contributed by atoms with van der Waals surface area (Å²) in [6.45, 7) is -0.162. The van der Waals surface area contributed by atoms with Gasteiger partial charge in [0.2, 0.25) is 0 Å². The summed E-state index contributed by atoms with van der Waals surface area (Å²) < 4.78 is 47.0. The van der Waals surface area contributed by atoms with Crippen molar-refractivity contribution in [2.45, 2.75) is 16.6 Å². The number of hydrogen-bond donors (Lipinski definition) is 1. The molecule has 0 aliphatic carbocycles. The first-order valence-corrected chi connectivity index (χ1v) is 6.20. The lowest BCUT2D eigenvalue weighted by Gasteiger charge is -2.13. The molecule has 0 spiro atoms. The van der Waals surface area contributed by atoms with Crippen LogP contribution < -0.4 is 4.90 Å². The molecule has 8 heteroatoms. The van der Waals surface area contributed by atoms with E-state index in [-0.39, 0.29) is 23.7 Å². The highest BCUT2D eigenvalue weighted by atomic mass is 32.2. The molecular weight excluding hydrogens is 246 g/mol. The zero-order chi connectivity index (χ0) is 11.1. The molecule has 0 amide bonds. The fraction of sp³-hybridized carbons (Fsp3) is 0.571. The van der Waals surface area contributed by atoms with E-state index in [1.807, 2.05) is 0 Å². The Kier molecular flexibility index (Phi) is 2.63. The molecular formula is C7H8F2N2O2S2. The highest BCUT2D eigenvalue weighted by Gasteiger charge is 2.39. The van der Waals surface area contributed by atoms with Crippen LogP contribution in [0.15, 0.2) is 10.4 Å². The van der Waals surface area contributed by atoms with E-state index in [0.29, 0.717) is 5.13 Å². The van der Waals surface area contributed by atoms with Gasteiger partial charge >= 0.3 is 0 Å². The number of nitrogens with zero attached hydrogens (tertiary/aromatic N) is 2. The van der Waals surface area contributed by atoms with Gasteiger partial charge < -0.3 is 4.90 Å². The number of alkyl halides is 2. The van der Waals surface area contributed by atoms with Crippen molar-refractivity contribution in [3.05, 3.63) is 6.20 Å². The van der Waals surface area contributed by atoms with Crippen molar-refractivity contribution in [2.75, 3.05) is 18.0 Å². The predicted octanol–water partition coefficient (Wildman–Crippen LogP) is 0.959. The number of halogens is 2. The smallest absolute Gasteiger partial charge is 0.267 e. The molecule has 1 aliphatic heterocycles. The standard InChI is InChI=1S/C7H8F2N2O2S2/c8-7(9)1-2-11(4-7)6-10-3-5(14-6)15(12)13/h3,15H,1-2,4H2. The summed E-state index contributed by atoms with van der Waals surface area (Å²) in [6, 6.07) is 0. The van der Waals surface area contributed by atoms with Crippen LogP contribution >= 0.6 is 11.3 Å². The van der Waals surface area contributed by atoms with Crippen molar-refractivity contribution in [3.63, 3.8) is 0 Å². The lowest BCUT2D eigenvalue weighted by molar-refractivity contribution is 0.0257. The van der Waals surface area contributed by atoms with Crippen LogP contribution in [0.3, 0.4) is 0 Å². The molecule has 0 N–H and O–H groups in total. The zero-order valence-corrected chi connectivity index (χ0v) is 9.23. The van der Waals surface area contributed by atoms with Crippen LogP contribution in [0.2, 0.25) is 0 Å². The quantitative estimate of drug-likeness (QED) is 0.799. The lowest BCUT2D eigenvalue weighted by Crippen LogP contribution is -2.24.